The van der Waals surface area contributed by atoms with Crippen LogP contribution in [0.25, 0.3) is 0 Å². The van der Waals surface area contributed by atoms with Gasteiger partial charge in [-0.3, -0.25) is 4.79 Å². The standard InChI is InChI=1S/C13H24N2O2/c1-10(14)12-3-2-6-15(7-12)13(16)9-17-8-11-4-5-11/h10-12H,2-9,14H2,1H3. The minimum absolute atomic E-state index is 0.135. The second-order valence-electron chi connectivity index (χ2n) is 5.56. The van der Waals surface area contributed by atoms with Crippen molar-refractivity contribution >= 4 is 5.91 Å². The smallest absolute Gasteiger partial charge is 0.248 e. The quantitative estimate of drug-likeness (QED) is 0.780. The van der Waals surface area contributed by atoms with Crippen LogP contribution in [0.3, 0.4) is 0 Å². The van der Waals surface area contributed by atoms with Gasteiger partial charge in [0.2, 0.25) is 5.91 Å². The molecule has 1 saturated carbocycles. The summed E-state index contributed by atoms with van der Waals surface area (Å²) in [6.07, 6.45) is 4.75. The van der Waals surface area contributed by atoms with Gasteiger partial charge in [-0.15, -0.1) is 0 Å². The molecule has 1 aliphatic heterocycles. The zero-order chi connectivity index (χ0) is 12.3. The van der Waals surface area contributed by atoms with E-state index in [0.717, 1.165) is 38.5 Å². The van der Waals surface area contributed by atoms with Gasteiger partial charge >= 0.3 is 0 Å². The maximum atomic E-state index is 11.9. The van der Waals surface area contributed by atoms with Crippen molar-refractivity contribution in [3.8, 4) is 0 Å². The maximum absolute atomic E-state index is 11.9. The van der Waals surface area contributed by atoms with E-state index in [9.17, 15) is 4.79 Å². The van der Waals surface area contributed by atoms with E-state index in [1.807, 2.05) is 11.8 Å². The lowest BCUT2D eigenvalue weighted by molar-refractivity contribution is -0.138. The lowest BCUT2D eigenvalue weighted by Gasteiger charge is -2.34. The minimum atomic E-state index is 0.135. The summed E-state index contributed by atoms with van der Waals surface area (Å²) in [6.45, 7) is 4.72. The van der Waals surface area contributed by atoms with Crippen molar-refractivity contribution in [2.45, 2.75) is 38.6 Å². The number of hydrogen-bond donors (Lipinski definition) is 1. The highest BCUT2D eigenvalue weighted by molar-refractivity contribution is 5.77. The molecule has 0 radical (unpaired) electrons. The molecule has 2 unspecified atom stereocenters. The monoisotopic (exact) mass is 240 g/mol. The van der Waals surface area contributed by atoms with Gasteiger partial charge in [-0.25, -0.2) is 0 Å². The summed E-state index contributed by atoms with van der Waals surface area (Å²) in [4.78, 5) is 13.8. The van der Waals surface area contributed by atoms with Crippen LogP contribution in [0, 0.1) is 11.8 Å². The van der Waals surface area contributed by atoms with Crippen molar-refractivity contribution in [3.63, 3.8) is 0 Å². The Hall–Kier alpha value is -0.610. The number of hydrogen-bond acceptors (Lipinski definition) is 3. The third kappa shape index (κ3) is 3.96. The summed E-state index contributed by atoms with van der Waals surface area (Å²) in [5.74, 6) is 1.31. The molecule has 2 fully saturated rings. The minimum Gasteiger partial charge on any atom is -0.371 e. The number of nitrogens with two attached hydrogens (primary N) is 1. The Kier molecular flexibility index (Phi) is 4.40. The highest BCUT2D eigenvalue weighted by atomic mass is 16.5. The number of piperidine rings is 1. The summed E-state index contributed by atoms with van der Waals surface area (Å²) >= 11 is 0. The normalized spacial score (nSPS) is 26.9. The lowest BCUT2D eigenvalue weighted by Crippen LogP contribution is -2.46. The Morgan fingerprint density at radius 2 is 2.24 bits per heavy atom. The van der Waals surface area contributed by atoms with Gasteiger partial charge in [-0.1, -0.05) is 0 Å². The average molecular weight is 240 g/mol. The summed E-state index contributed by atoms with van der Waals surface area (Å²) in [6, 6.07) is 0.179. The molecular formula is C13H24N2O2. The SMILES string of the molecule is CC(N)C1CCCN(C(=O)COCC2CC2)C1. The molecule has 0 bridgehead atoms. The lowest BCUT2D eigenvalue weighted by atomic mass is 9.92. The molecule has 2 atom stereocenters. The van der Waals surface area contributed by atoms with E-state index in [4.69, 9.17) is 10.5 Å². The van der Waals surface area contributed by atoms with Crippen LogP contribution in [0.4, 0.5) is 0 Å². The molecule has 0 aromatic heterocycles. The molecule has 1 aliphatic carbocycles. The predicted molar refractivity (Wildman–Crippen MR) is 66.5 cm³/mol. The second-order valence-corrected chi connectivity index (χ2v) is 5.56. The van der Waals surface area contributed by atoms with Gasteiger partial charge in [-0.05, 0) is 44.4 Å². The summed E-state index contributed by atoms with van der Waals surface area (Å²) < 4.78 is 5.45. The Morgan fingerprint density at radius 1 is 1.47 bits per heavy atom. The average Bonchev–Trinajstić information content (AvgIpc) is 3.13. The fourth-order valence-corrected chi connectivity index (χ4v) is 2.35. The van der Waals surface area contributed by atoms with Gasteiger partial charge in [0.15, 0.2) is 0 Å². The third-order valence-electron chi connectivity index (χ3n) is 3.83. The first-order valence-electron chi connectivity index (χ1n) is 6.78. The third-order valence-corrected chi connectivity index (χ3v) is 3.83. The molecule has 1 amide bonds. The largest absolute Gasteiger partial charge is 0.371 e. The van der Waals surface area contributed by atoms with E-state index in [1.165, 1.54) is 12.8 Å². The first-order chi connectivity index (χ1) is 8.16. The molecule has 2 rings (SSSR count). The number of carbonyl (C=O) groups is 1. The number of ether oxygens (including phenoxy) is 1. The Morgan fingerprint density at radius 3 is 2.88 bits per heavy atom. The molecule has 17 heavy (non-hydrogen) atoms. The summed E-state index contributed by atoms with van der Waals surface area (Å²) in [5, 5.41) is 0. The number of likely N-dealkylation sites (tertiary alicyclic amines) is 1. The first kappa shape index (κ1) is 12.8. The Balaban J connectivity index is 1.69. The predicted octanol–water partition coefficient (Wildman–Crippen LogP) is 0.999. The van der Waals surface area contributed by atoms with Crippen molar-refractivity contribution in [3.05, 3.63) is 0 Å². The molecule has 4 nitrogen and oxygen atoms in total. The van der Waals surface area contributed by atoms with Crippen LogP contribution in [-0.2, 0) is 9.53 Å². The van der Waals surface area contributed by atoms with E-state index in [2.05, 4.69) is 0 Å². The van der Waals surface area contributed by atoms with Gasteiger partial charge in [-0.2, -0.15) is 0 Å². The van der Waals surface area contributed by atoms with Crippen LogP contribution in [0.15, 0.2) is 0 Å². The van der Waals surface area contributed by atoms with E-state index in [-0.39, 0.29) is 18.6 Å². The molecular weight excluding hydrogens is 216 g/mol. The summed E-state index contributed by atoms with van der Waals surface area (Å²) in [5.41, 5.74) is 5.91. The van der Waals surface area contributed by atoms with Gasteiger partial charge < -0.3 is 15.4 Å². The van der Waals surface area contributed by atoms with Crippen molar-refractivity contribution in [2.75, 3.05) is 26.3 Å². The van der Waals surface area contributed by atoms with Crippen LogP contribution in [0.1, 0.15) is 32.6 Å². The molecule has 4 heteroatoms. The van der Waals surface area contributed by atoms with E-state index in [0.29, 0.717) is 5.92 Å². The number of rotatable bonds is 5. The van der Waals surface area contributed by atoms with Gasteiger partial charge in [0, 0.05) is 19.1 Å². The molecule has 2 aliphatic rings. The van der Waals surface area contributed by atoms with Crippen LogP contribution < -0.4 is 5.73 Å². The molecule has 0 aromatic carbocycles. The van der Waals surface area contributed by atoms with Crippen LogP contribution in [0.5, 0.6) is 0 Å². The van der Waals surface area contributed by atoms with Crippen LogP contribution in [0.2, 0.25) is 0 Å². The van der Waals surface area contributed by atoms with Crippen LogP contribution in [-0.4, -0.2) is 43.2 Å². The fraction of sp³-hybridized carbons (Fsp3) is 0.923. The van der Waals surface area contributed by atoms with Crippen LogP contribution >= 0.6 is 0 Å². The van der Waals surface area contributed by atoms with E-state index >= 15 is 0 Å². The second kappa shape index (κ2) is 5.83. The zero-order valence-corrected chi connectivity index (χ0v) is 10.7. The molecule has 0 aromatic rings. The Bertz CT molecular complexity index is 264. The van der Waals surface area contributed by atoms with Crippen molar-refractivity contribution in [1.29, 1.82) is 0 Å². The van der Waals surface area contributed by atoms with Gasteiger partial charge in [0.05, 0.1) is 6.61 Å². The highest BCUT2D eigenvalue weighted by Gasteiger charge is 2.26. The summed E-state index contributed by atoms with van der Waals surface area (Å²) in [7, 11) is 0. The number of carbonyl (C=O) groups excluding carboxylic acids is 1. The van der Waals surface area contributed by atoms with Crippen molar-refractivity contribution < 1.29 is 9.53 Å². The fourth-order valence-electron chi connectivity index (χ4n) is 2.35. The van der Waals surface area contributed by atoms with E-state index in [1.54, 1.807) is 0 Å². The molecule has 98 valence electrons. The first-order valence-corrected chi connectivity index (χ1v) is 6.78. The Labute approximate surface area is 103 Å². The van der Waals surface area contributed by atoms with Gasteiger partial charge in [0.1, 0.15) is 6.61 Å². The van der Waals surface area contributed by atoms with Crippen molar-refractivity contribution in [2.24, 2.45) is 17.6 Å². The molecule has 0 spiro atoms. The number of nitrogens with zero attached hydrogens (tertiary/aromatic N) is 1. The molecule has 1 saturated heterocycles. The topological polar surface area (TPSA) is 55.6 Å². The van der Waals surface area contributed by atoms with E-state index < -0.39 is 0 Å². The van der Waals surface area contributed by atoms with Gasteiger partial charge in [0.25, 0.3) is 0 Å². The number of amides is 1. The van der Waals surface area contributed by atoms with Crippen molar-refractivity contribution in [1.82, 2.24) is 4.90 Å². The molecule has 2 N–H and O–H groups in total. The highest BCUT2D eigenvalue weighted by Crippen LogP contribution is 2.28. The molecule has 1 heterocycles. The zero-order valence-electron chi connectivity index (χ0n) is 10.7. The maximum Gasteiger partial charge on any atom is 0.248 e.